The highest BCUT2D eigenvalue weighted by molar-refractivity contribution is 5.70. The Morgan fingerprint density at radius 2 is 1.75 bits per heavy atom. The number of aryl methyl sites for hydroxylation is 2. The van der Waals surface area contributed by atoms with Crippen molar-refractivity contribution in [1.29, 1.82) is 0 Å². The van der Waals surface area contributed by atoms with Crippen LogP contribution in [0.3, 0.4) is 0 Å². The van der Waals surface area contributed by atoms with Crippen molar-refractivity contribution in [2.45, 2.75) is 26.2 Å². The predicted octanol–water partition coefficient (Wildman–Crippen LogP) is 4.13. The van der Waals surface area contributed by atoms with Gasteiger partial charge in [0.2, 0.25) is 0 Å². The molecule has 3 heterocycles. The number of ether oxygens (including phenoxy) is 1. The molecule has 166 valence electrons. The quantitative estimate of drug-likeness (QED) is 0.564. The molecule has 3 aromatic rings. The van der Waals surface area contributed by atoms with Gasteiger partial charge < -0.3 is 9.64 Å². The summed E-state index contributed by atoms with van der Waals surface area (Å²) in [5.74, 6) is 0.577. The molecule has 1 aliphatic rings. The molecular formula is C26H30N4O2. The van der Waals surface area contributed by atoms with Crippen molar-refractivity contribution in [3.63, 3.8) is 0 Å². The Kier molecular flexibility index (Phi) is 7.46. The van der Waals surface area contributed by atoms with E-state index in [9.17, 15) is 4.79 Å². The number of aromatic nitrogens is 2. The normalized spacial score (nSPS) is 14.3. The van der Waals surface area contributed by atoms with Gasteiger partial charge in [0.25, 0.3) is 0 Å². The third-order valence-corrected chi connectivity index (χ3v) is 5.75. The van der Waals surface area contributed by atoms with Crippen molar-refractivity contribution in [1.82, 2.24) is 19.8 Å². The molecule has 6 nitrogen and oxygen atoms in total. The SMILES string of the molecule is Cc1ccc(Cc2ccc(OC(=O)N3CCN(CCCc4ccccn4)CC3)cc2)nc1. The molecule has 1 fully saturated rings. The molecular weight excluding hydrogens is 400 g/mol. The van der Waals surface area contributed by atoms with Crippen LogP contribution >= 0.6 is 0 Å². The molecule has 1 aliphatic heterocycles. The Hall–Kier alpha value is -3.25. The summed E-state index contributed by atoms with van der Waals surface area (Å²) >= 11 is 0. The van der Waals surface area contributed by atoms with E-state index in [0.29, 0.717) is 18.8 Å². The highest BCUT2D eigenvalue weighted by Gasteiger charge is 2.22. The van der Waals surface area contributed by atoms with Gasteiger partial charge in [0.15, 0.2) is 0 Å². The number of hydrogen-bond acceptors (Lipinski definition) is 5. The lowest BCUT2D eigenvalue weighted by atomic mass is 10.1. The van der Waals surface area contributed by atoms with Gasteiger partial charge >= 0.3 is 6.09 Å². The van der Waals surface area contributed by atoms with Crippen molar-refractivity contribution in [2.75, 3.05) is 32.7 Å². The summed E-state index contributed by atoms with van der Waals surface area (Å²) in [6, 6.07) is 17.8. The smallest absolute Gasteiger partial charge is 0.410 e. The van der Waals surface area contributed by atoms with E-state index in [1.807, 2.05) is 61.8 Å². The Morgan fingerprint density at radius 1 is 0.938 bits per heavy atom. The zero-order chi connectivity index (χ0) is 22.2. The monoisotopic (exact) mass is 430 g/mol. The fraction of sp³-hybridized carbons (Fsp3) is 0.346. The predicted molar refractivity (Wildman–Crippen MR) is 125 cm³/mol. The van der Waals surface area contributed by atoms with E-state index in [-0.39, 0.29) is 6.09 Å². The van der Waals surface area contributed by atoms with Crippen LogP contribution in [0.15, 0.2) is 67.0 Å². The second kappa shape index (κ2) is 10.9. The highest BCUT2D eigenvalue weighted by Crippen LogP contribution is 2.16. The number of hydrogen-bond donors (Lipinski definition) is 0. The number of pyridine rings is 2. The minimum atomic E-state index is -0.272. The molecule has 0 bridgehead atoms. The zero-order valence-electron chi connectivity index (χ0n) is 18.6. The maximum Gasteiger partial charge on any atom is 0.415 e. The van der Waals surface area contributed by atoms with E-state index in [0.717, 1.165) is 61.4 Å². The van der Waals surface area contributed by atoms with Crippen LogP contribution in [-0.2, 0) is 12.8 Å². The van der Waals surface area contributed by atoms with Crippen LogP contribution < -0.4 is 4.74 Å². The first kappa shape index (κ1) is 22.0. The van der Waals surface area contributed by atoms with Crippen LogP contribution in [0.2, 0.25) is 0 Å². The standard InChI is InChI=1S/C26H30N4O2/c1-21-7-10-24(28-20-21)19-22-8-11-25(12-9-22)32-26(31)30-17-15-29(16-18-30)14-4-6-23-5-2-3-13-27-23/h2-3,5,7-13,20H,4,6,14-19H2,1H3. The summed E-state index contributed by atoms with van der Waals surface area (Å²) in [4.78, 5) is 25.6. The van der Waals surface area contributed by atoms with Crippen LogP contribution in [-0.4, -0.2) is 58.6 Å². The molecule has 0 unspecified atom stereocenters. The van der Waals surface area contributed by atoms with Gasteiger partial charge in [-0.3, -0.25) is 14.9 Å². The summed E-state index contributed by atoms with van der Waals surface area (Å²) in [5, 5.41) is 0. The lowest BCUT2D eigenvalue weighted by molar-refractivity contribution is 0.110. The van der Waals surface area contributed by atoms with Gasteiger partial charge in [-0.1, -0.05) is 24.3 Å². The minimum Gasteiger partial charge on any atom is -0.410 e. The topological polar surface area (TPSA) is 58.6 Å². The van der Waals surface area contributed by atoms with Gasteiger partial charge in [-0.25, -0.2) is 4.79 Å². The third kappa shape index (κ3) is 6.37. The number of benzene rings is 1. The van der Waals surface area contributed by atoms with Crippen LogP contribution in [0, 0.1) is 6.92 Å². The number of amides is 1. The molecule has 1 aromatic carbocycles. The lowest BCUT2D eigenvalue weighted by Gasteiger charge is -2.34. The Balaban J connectivity index is 1.18. The number of carbonyl (C=O) groups is 1. The number of carbonyl (C=O) groups excluding carboxylic acids is 1. The zero-order valence-corrected chi connectivity index (χ0v) is 18.6. The first-order valence-electron chi connectivity index (χ1n) is 11.3. The van der Waals surface area contributed by atoms with Crippen LogP contribution in [0.25, 0.3) is 0 Å². The molecule has 0 saturated carbocycles. The largest absolute Gasteiger partial charge is 0.415 e. The van der Waals surface area contributed by atoms with Crippen molar-refractivity contribution in [2.24, 2.45) is 0 Å². The van der Waals surface area contributed by atoms with Crippen LogP contribution in [0.5, 0.6) is 5.75 Å². The van der Waals surface area contributed by atoms with Crippen LogP contribution in [0.1, 0.15) is 28.9 Å². The van der Waals surface area contributed by atoms with E-state index < -0.39 is 0 Å². The lowest BCUT2D eigenvalue weighted by Crippen LogP contribution is -2.49. The molecule has 0 aliphatic carbocycles. The summed E-state index contributed by atoms with van der Waals surface area (Å²) in [5.41, 5.74) is 4.45. The summed E-state index contributed by atoms with van der Waals surface area (Å²) in [6.07, 6.45) is 6.27. The Morgan fingerprint density at radius 3 is 2.44 bits per heavy atom. The third-order valence-electron chi connectivity index (χ3n) is 5.75. The van der Waals surface area contributed by atoms with Crippen LogP contribution in [0.4, 0.5) is 4.79 Å². The van der Waals surface area contributed by atoms with Gasteiger partial charge in [-0.15, -0.1) is 0 Å². The maximum absolute atomic E-state index is 12.5. The number of piperazine rings is 1. The molecule has 6 heteroatoms. The molecule has 0 N–H and O–H groups in total. The second-order valence-corrected chi connectivity index (χ2v) is 8.27. The van der Waals surface area contributed by atoms with E-state index in [2.05, 4.69) is 27.0 Å². The van der Waals surface area contributed by atoms with E-state index in [1.165, 1.54) is 0 Å². The van der Waals surface area contributed by atoms with Gasteiger partial charge in [-0.05, 0) is 67.8 Å². The molecule has 2 aromatic heterocycles. The summed E-state index contributed by atoms with van der Waals surface area (Å²) in [6.45, 7) is 6.19. The molecule has 1 amide bonds. The minimum absolute atomic E-state index is 0.272. The summed E-state index contributed by atoms with van der Waals surface area (Å²) in [7, 11) is 0. The van der Waals surface area contributed by atoms with Crippen molar-refractivity contribution in [3.05, 3.63) is 89.5 Å². The maximum atomic E-state index is 12.5. The van der Waals surface area contributed by atoms with Crippen molar-refractivity contribution < 1.29 is 9.53 Å². The molecule has 0 spiro atoms. The van der Waals surface area contributed by atoms with E-state index in [4.69, 9.17) is 4.74 Å². The number of rotatable bonds is 7. The van der Waals surface area contributed by atoms with E-state index >= 15 is 0 Å². The van der Waals surface area contributed by atoms with Gasteiger partial charge in [0.1, 0.15) is 5.75 Å². The van der Waals surface area contributed by atoms with Gasteiger partial charge in [0, 0.05) is 56.4 Å². The Labute approximate surface area is 189 Å². The van der Waals surface area contributed by atoms with Gasteiger partial charge in [-0.2, -0.15) is 0 Å². The average molecular weight is 431 g/mol. The van der Waals surface area contributed by atoms with Gasteiger partial charge in [0.05, 0.1) is 0 Å². The van der Waals surface area contributed by atoms with E-state index in [1.54, 1.807) is 4.90 Å². The van der Waals surface area contributed by atoms with Crippen molar-refractivity contribution >= 4 is 6.09 Å². The number of nitrogens with zero attached hydrogens (tertiary/aromatic N) is 4. The average Bonchev–Trinajstić information content (AvgIpc) is 2.83. The molecule has 0 radical (unpaired) electrons. The van der Waals surface area contributed by atoms with Crippen molar-refractivity contribution in [3.8, 4) is 5.75 Å². The molecule has 4 rings (SSSR count). The first-order valence-corrected chi connectivity index (χ1v) is 11.3. The molecule has 1 saturated heterocycles. The fourth-order valence-electron chi connectivity index (χ4n) is 3.84. The second-order valence-electron chi connectivity index (χ2n) is 8.27. The Bertz CT molecular complexity index is 983. The summed E-state index contributed by atoms with van der Waals surface area (Å²) < 4.78 is 5.59. The highest BCUT2D eigenvalue weighted by atomic mass is 16.6. The molecule has 0 atom stereocenters. The molecule has 32 heavy (non-hydrogen) atoms. The fourth-order valence-corrected chi connectivity index (χ4v) is 3.84. The first-order chi connectivity index (χ1) is 15.7.